The van der Waals surface area contributed by atoms with E-state index in [0.29, 0.717) is 29.4 Å². The summed E-state index contributed by atoms with van der Waals surface area (Å²) in [5.74, 6) is 1.61. The summed E-state index contributed by atoms with van der Waals surface area (Å²) in [5.41, 5.74) is 3.06. The minimum Gasteiger partial charge on any atom is -0.491 e. The number of aromatic amines is 1. The third-order valence-electron chi connectivity index (χ3n) is 4.31. The Kier molecular flexibility index (Phi) is 5.48. The second-order valence-corrected chi connectivity index (χ2v) is 7.67. The van der Waals surface area contributed by atoms with Crippen LogP contribution in [0.2, 0.25) is 0 Å². The molecule has 150 valence electrons. The average molecular weight is 460 g/mol. The Morgan fingerprint density at radius 2 is 2.07 bits per heavy atom. The number of nitrogens with one attached hydrogen (secondary N) is 2. The summed E-state index contributed by atoms with van der Waals surface area (Å²) in [6, 6.07) is 11.2. The molecule has 2 aromatic heterocycles. The lowest BCUT2D eigenvalue weighted by atomic mass is 10.1. The molecule has 2 N–H and O–H groups in total. The van der Waals surface area contributed by atoms with E-state index in [9.17, 15) is 4.39 Å². The molecule has 2 aromatic carbocycles. The second-order valence-electron chi connectivity index (χ2n) is 6.82. The fraction of sp³-hybridized carbons (Fsp3) is 0.250. The van der Waals surface area contributed by atoms with Crippen LogP contribution in [-0.4, -0.2) is 26.7 Å². The molecule has 0 aliphatic rings. The number of alkyl halides is 1. The van der Waals surface area contributed by atoms with Crippen LogP contribution in [0, 0.1) is 0 Å². The summed E-state index contributed by atoms with van der Waals surface area (Å²) < 4.78 is 25.8. The molecule has 9 heteroatoms. The van der Waals surface area contributed by atoms with E-state index in [0.717, 1.165) is 26.7 Å². The maximum atomic E-state index is 13.4. The van der Waals surface area contributed by atoms with Crippen LogP contribution in [0.1, 0.15) is 25.0 Å². The highest BCUT2D eigenvalue weighted by molar-refractivity contribution is 9.10. The maximum Gasteiger partial charge on any atom is 0.215 e. The molecule has 4 rings (SSSR count). The first-order valence-electron chi connectivity index (χ1n) is 9.09. The topological polar surface area (TPSA) is 88.9 Å². The maximum absolute atomic E-state index is 13.4. The quantitative estimate of drug-likeness (QED) is 0.392. The highest BCUT2D eigenvalue weighted by Gasteiger charge is 2.13. The Morgan fingerprint density at radius 3 is 2.79 bits per heavy atom. The van der Waals surface area contributed by atoms with Gasteiger partial charge in [0.05, 0.1) is 6.10 Å². The molecule has 0 amide bonds. The molecule has 0 spiro atoms. The zero-order valence-corrected chi connectivity index (χ0v) is 17.5. The van der Waals surface area contributed by atoms with Gasteiger partial charge in [0.15, 0.2) is 5.76 Å². The van der Waals surface area contributed by atoms with Crippen LogP contribution in [-0.2, 0) is 13.2 Å². The summed E-state index contributed by atoms with van der Waals surface area (Å²) in [7, 11) is 0. The zero-order chi connectivity index (χ0) is 20.4. The lowest BCUT2D eigenvalue weighted by Gasteiger charge is -2.15. The zero-order valence-electron chi connectivity index (χ0n) is 15.9. The predicted octanol–water partition coefficient (Wildman–Crippen LogP) is 5.24. The van der Waals surface area contributed by atoms with E-state index in [-0.39, 0.29) is 6.10 Å². The highest BCUT2D eigenvalue weighted by Crippen LogP contribution is 2.31. The third kappa shape index (κ3) is 4.24. The van der Waals surface area contributed by atoms with Crippen molar-refractivity contribution in [3.63, 3.8) is 0 Å². The first-order chi connectivity index (χ1) is 14.0. The van der Waals surface area contributed by atoms with Gasteiger partial charge in [-0.05, 0) is 66.2 Å². The summed E-state index contributed by atoms with van der Waals surface area (Å²) >= 11 is 3.61. The van der Waals surface area contributed by atoms with Gasteiger partial charge in [-0.25, -0.2) is 9.49 Å². The van der Waals surface area contributed by atoms with Crippen LogP contribution in [0.4, 0.5) is 10.1 Å². The van der Waals surface area contributed by atoms with Crippen LogP contribution in [0.3, 0.4) is 0 Å². The molecule has 0 saturated heterocycles. The van der Waals surface area contributed by atoms with E-state index in [1.165, 1.54) is 0 Å². The van der Waals surface area contributed by atoms with Crippen LogP contribution < -0.4 is 10.1 Å². The number of hydrogen-bond donors (Lipinski definition) is 2. The first-order valence-corrected chi connectivity index (χ1v) is 9.88. The molecule has 0 unspecified atom stereocenters. The van der Waals surface area contributed by atoms with Gasteiger partial charge in [-0.15, -0.1) is 5.10 Å². The van der Waals surface area contributed by atoms with Gasteiger partial charge < -0.3 is 14.5 Å². The summed E-state index contributed by atoms with van der Waals surface area (Å²) in [6.07, 6.45) is -0.00674. The first kappa shape index (κ1) is 19.4. The van der Waals surface area contributed by atoms with Crippen molar-refractivity contribution in [3.8, 4) is 17.3 Å². The van der Waals surface area contributed by atoms with Crippen molar-refractivity contribution in [2.45, 2.75) is 33.2 Å². The summed E-state index contributed by atoms with van der Waals surface area (Å²) in [4.78, 5) is 0. The van der Waals surface area contributed by atoms with E-state index in [1.807, 2.05) is 38.1 Å². The number of H-pyrrole nitrogens is 1. The lowest BCUT2D eigenvalue weighted by molar-refractivity contribution is 0.237. The van der Waals surface area contributed by atoms with Crippen molar-refractivity contribution in [2.24, 2.45) is 0 Å². The number of benzene rings is 2. The number of anilines is 1. The normalized spacial score (nSPS) is 11.3. The van der Waals surface area contributed by atoms with Crippen molar-refractivity contribution in [2.75, 3.05) is 5.32 Å². The second kappa shape index (κ2) is 8.20. The smallest absolute Gasteiger partial charge is 0.215 e. The summed E-state index contributed by atoms with van der Waals surface area (Å²) in [6.45, 7) is 3.78. The van der Waals surface area contributed by atoms with Gasteiger partial charge in [0.1, 0.15) is 18.0 Å². The van der Waals surface area contributed by atoms with Crippen molar-refractivity contribution < 1.29 is 13.5 Å². The molecule has 0 saturated carbocycles. The van der Waals surface area contributed by atoms with Crippen molar-refractivity contribution in [1.82, 2.24) is 20.6 Å². The molecular weight excluding hydrogens is 441 g/mol. The Morgan fingerprint density at radius 1 is 1.21 bits per heavy atom. The van der Waals surface area contributed by atoms with Crippen LogP contribution >= 0.6 is 15.9 Å². The van der Waals surface area contributed by atoms with Gasteiger partial charge in [-0.2, -0.15) is 0 Å². The Bertz CT molecular complexity index is 1130. The largest absolute Gasteiger partial charge is 0.491 e. The van der Waals surface area contributed by atoms with Crippen LogP contribution in [0.5, 0.6) is 5.75 Å². The molecule has 0 aliphatic heterocycles. The molecule has 7 nitrogen and oxygen atoms in total. The minimum atomic E-state index is -0.584. The van der Waals surface area contributed by atoms with Crippen molar-refractivity contribution >= 4 is 32.6 Å². The van der Waals surface area contributed by atoms with Crippen LogP contribution in [0.15, 0.2) is 45.3 Å². The van der Waals surface area contributed by atoms with Gasteiger partial charge in [0.25, 0.3) is 0 Å². The average Bonchev–Trinajstić information content (AvgIpc) is 3.36. The van der Waals surface area contributed by atoms with Gasteiger partial charge in [0.2, 0.25) is 5.82 Å². The molecule has 29 heavy (non-hydrogen) atoms. The number of aromatic nitrogens is 4. The summed E-state index contributed by atoms with van der Waals surface area (Å²) in [5, 5.41) is 17.9. The van der Waals surface area contributed by atoms with Gasteiger partial charge >= 0.3 is 0 Å². The third-order valence-corrected chi connectivity index (χ3v) is 5.05. The van der Waals surface area contributed by atoms with Crippen molar-refractivity contribution in [3.05, 3.63) is 52.0 Å². The Labute approximate surface area is 174 Å². The van der Waals surface area contributed by atoms with E-state index in [1.54, 1.807) is 12.1 Å². The fourth-order valence-corrected chi connectivity index (χ4v) is 3.48. The number of hydrogen-bond acceptors (Lipinski definition) is 6. The molecular formula is C20H19BrFN5O2. The minimum absolute atomic E-state index is 0.00674. The molecule has 2 heterocycles. The number of tetrazole rings is 1. The SMILES string of the molecule is CC(C)Oc1ccc(NCc2cc3oc(-c4nnn[nH]4)cc3cc2Br)cc1CF. The lowest BCUT2D eigenvalue weighted by Crippen LogP contribution is -2.08. The predicted molar refractivity (Wildman–Crippen MR) is 111 cm³/mol. The molecule has 0 fully saturated rings. The number of fused-ring (bicyclic) bond motifs is 1. The standard InChI is InChI=1S/C20H19BrFN5O2/c1-11(2)28-17-4-3-15(5-13(17)9-22)23-10-14-8-18-12(6-16(14)21)7-19(29-18)20-24-26-27-25-20/h3-8,11,23H,9-10H2,1-2H3,(H,24,25,26,27). The van der Waals surface area contributed by atoms with Gasteiger partial charge in [0, 0.05) is 27.7 Å². The number of ether oxygens (including phenoxy) is 1. The fourth-order valence-electron chi connectivity index (χ4n) is 2.98. The van der Waals surface area contributed by atoms with E-state index in [2.05, 4.69) is 41.9 Å². The van der Waals surface area contributed by atoms with Crippen LogP contribution in [0.25, 0.3) is 22.6 Å². The number of nitrogens with zero attached hydrogens (tertiary/aromatic N) is 3. The van der Waals surface area contributed by atoms with E-state index >= 15 is 0 Å². The van der Waals surface area contributed by atoms with Gasteiger partial charge in [-0.3, -0.25) is 0 Å². The number of furan rings is 1. The monoisotopic (exact) mass is 459 g/mol. The Balaban J connectivity index is 1.54. The molecule has 0 aliphatic carbocycles. The molecule has 0 atom stereocenters. The number of rotatable bonds is 7. The highest BCUT2D eigenvalue weighted by atomic mass is 79.9. The number of halogens is 2. The van der Waals surface area contributed by atoms with E-state index < -0.39 is 6.67 Å². The molecule has 0 bridgehead atoms. The molecule has 0 radical (unpaired) electrons. The van der Waals surface area contributed by atoms with E-state index in [4.69, 9.17) is 9.15 Å². The Hall–Kier alpha value is -2.94. The van der Waals surface area contributed by atoms with Crippen molar-refractivity contribution in [1.29, 1.82) is 0 Å². The van der Waals surface area contributed by atoms with Gasteiger partial charge in [-0.1, -0.05) is 15.9 Å². The molecule has 4 aromatic rings.